The number of likely N-dealkylation sites (tertiary alicyclic amines) is 1. The summed E-state index contributed by atoms with van der Waals surface area (Å²) < 4.78 is 12.4. The Hall–Kier alpha value is -2.92. The number of carbonyl (C=O) groups is 1. The Balaban J connectivity index is 1.75. The van der Waals surface area contributed by atoms with Crippen molar-refractivity contribution in [3.05, 3.63) is 90.7 Å². The largest absolute Gasteiger partial charge is 0.457 e. The van der Waals surface area contributed by atoms with Crippen LogP contribution in [0.4, 0.5) is 0 Å². The van der Waals surface area contributed by atoms with E-state index in [-0.39, 0.29) is 18.0 Å². The number of ether oxygens (including phenoxy) is 1. The molecule has 0 aliphatic carbocycles. The van der Waals surface area contributed by atoms with E-state index in [4.69, 9.17) is 14.1 Å². The fourth-order valence-electron chi connectivity index (χ4n) is 5.58. The molecule has 3 unspecified atom stereocenters. The monoisotopic (exact) mass is 504 g/mol. The molecule has 1 fully saturated rings. The van der Waals surface area contributed by atoms with E-state index in [9.17, 15) is 4.79 Å². The average molecular weight is 505 g/mol. The second-order valence-electron chi connectivity index (χ2n) is 10.1. The Kier molecular flexibility index (Phi) is 11.4. The van der Waals surface area contributed by atoms with Gasteiger partial charge in [0.1, 0.15) is 11.9 Å². The van der Waals surface area contributed by atoms with Gasteiger partial charge < -0.3 is 9.15 Å². The van der Waals surface area contributed by atoms with E-state index in [0.717, 1.165) is 56.7 Å². The number of aromatic nitrogens is 1. The summed E-state index contributed by atoms with van der Waals surface area (Å²) >= 11 is 0. The van der Waals surface area contributed by atoms with E-state index in [1.807, 2.05) is 6.20 Å². The Morgan fingerprint density at radius 2 is 1.92 bits per heavy atom. The molecule has 3 rings (SSSR count). The fourth-order valence-corrected chi connectivity index (χ4v) is 5.58. The van der Waals surface area contributed by atoms with Gasteiger partial charge in [-0.1, -0.05) is 89.3 Å². The van der Waals surface area contributed by atoms with E-state index < -0.39 is 0 Å². The van der Waals surface area contributed by atoms with E-state index in [0.29, 0.717) is 30.5 Å². The summed E-state index contributed by atoms with van der Waals surface area (Å²) in [6.45, 7) is 16.3. The van der Waals surface area contributed by atoms with Gasteiger partial charge in [-0.25, -0.2) is 9.78 Å². The molecule has 37 heavy (non-hydrogen) atoms. The zero-order valence-corrected chi connectivity index (χ0v) is 22.9. The minimum atomic E-state index is -0.342. The molecule has 3 atom stereocenters. The quantitative estimate of drug-likeness (QED) is 0.152. The molecule has 2 aromatic rings. The number of carbonyl (C=O) groups excluding carboxylic acids is 1. The summed E-state index contributed by atoms with van der Waals surface area (Å²) in [6, 6.07) is 10.6. The number of nitrogens with zero attached hydrogens (tertiary/aromatic N) is 2. The van der Waals surface area contributed by atoms with Crippen molar-refractivity contribution < 1.29 is 13.9 Å². The molecule has 1 aliphatic rings. The molecule has 1 aliphatic heterocycles. The summed E-state index contributed by atoms with van der Waals surface area (Å²) in [5.74, 6) is 2.32. The highest BCUT2D eigenvalue weighted by molar-refractivity contribution is 5.91. The van der Waals surface area contributed by atoms with Crippen LogP contribution in [0.2, 0.25) is 0 Å². The van der Waals surface area contributed by atoms with Gasteiger partial charge in [0.2, 0.25) is 5.89 Å². The van der Waals surface area contributed by atoms with Crippen LogP contribution in [-0.4, -0.2) is 35.0 Å². The minimum absolute atomic E-state index is 0.156. The van der Waals surface area contributed by atoms with Crippen LogP contribution < -0.4 is 0 Å². The first-order chi connectivity index (χ1) is 18.0. The van der Waals surface area contributed by atoms with Crippen molar-refractivity contribution in [2.75, 3.05) is 13.1 Å². The summed E-state index contributed by atoms with van der Waals surface area (Å²) in [7, 11) is 0. The molecule has 0 bridgehead atoms. The lowest BCUT2D eigenvalue weighted by atomic mass is 9.80. The van der Waals surface area contributed by atoms with Crippen molar-refractivity contribution in [1.82, 2.24) is 9.88 Å². The summed E-state index contributed by atoms with van der Waals surface area (Å²) in [5, 5.41) is 0. The number of oxazole rings is 1. The van der Waals surface area contributed by atoms with Gasteiger partial charge in [-0.2, -0.15) is 0 Å². The highest BCUT2D eigenvalue weighted by Crippen LogP contribution is 2.37. The molecule has 0 saturated carbocycles. The molecular formula is C32H44N2O3. The third-order valence-corrected chi connectivity index (χ3v) is 7.48. The Bertz CT molecular complexity index is 1020. The fraction of sp³-hybridized carbons (Fsp3) is 0.500. The maximum absolute atomic E-state index is 12.7. The van der Waals surface area contributed by atoms with Crippen molar-refractivity contribution in [2.24, 2.45) is 11.8 Å². The van der Waals surface area contributed by atoms with Crippen LogP contribution >= 0.6 is 0 Å². The molecule has 5 heteroatoms. The SMILES string of the molecule is C=C/C=C(\C=C)C(=O)OC1CN(Cc2cnc(C(c3ccccc3)C(CCC)CCC)o2)CCC1CC. The van der Waals surface area contributed by atoms with Crippen LogP contribution in [-0.2, 0) is 16.1 Å². The molecule has 1 saturated heterocycles. The molecule has 1 aromatic heterocycles. The maximum Gasteiger partial charge on any atom is 0.338 e. The van der Waals surface area contributed by atoms with E-state index in [2.05, 4.69) is 69.2 Å². The number of piperidine rings is 1. The van der Waals surface area contributed by atoms with Crippen molar-refractivity contribution in [2.45, 2.75) is 77.9 Å². The van der Waals surface area contributed by atoms with Gasteiger partial charge in [0.05, 0.1) is 24.2 Å². The van der Waals surface area contributed by atoms with Gasteiger partial charge >= 0.3 is 5.97 Å². The van der Waals surface area contributed by atoms with Gasteiger partial charge in [-0.05, 0) is 55.7 Å². The zero-order valence-electron chi connectivity index (χ0n) is 22.9. The van der Waals surface area contributed by atoms with Crippen molar-refractivity contribution in [3.63, 3.8) is 0 Å². The second kappa shape index (κ2) is 14.7. The standard InChI is InChI=1S/C32H44N2O3/c1-6-14-25(10-5)32(35)37-29-23-34(20-19-24(29)9-4)22-28-21-33-31(36-28)30(26(15-7-2)16-8-3)27-17-12-11-13-18-27/h6,10-14,17-18,21,24,26,29-30H,1,5,7-9,15-16,19-20,22-23H2,2-4H3/b25-14+. The first kappa shape index (κ1) is 28.6. The number of hydrogen-bond donors (Lipinski definition) is 0. The van der Waals surface area contributed by atoms with Gasteiger partial charge in [-0.15, -0.1) is 0 Å². The first-order valence-electron chi connectivity index (χ1n) is 13.9. The van der Waals surface area contributed by atoms with Crippen LogP contribution in [0.5, 0.6) is 0 Å². The molecule has 2 heterocycles. The highest BCUT2D eigenvalue weighted by atomic mass is 16.5. The normalized spacial score (nSPS) is 19.5. The van der Waals surface area contributed by atoms with Gasteiger partial charge in [-0.3, -0.25) is 4.90 Å². The minimum Gasteiger partial charge on any atom is -0.457 e. The third kappa shape index (κ3) is 7.78. The first-order valence-corrected chi connectivity index (χ1v) is 13.9. The molecule has 200 valence electrons. The van der Waals surface area contributed by atoms with Crippen LogP contribution in [0.25, 0.3) is 0 Å². The summed E-state index contributed by atoms with van der Waals surface area (Å²) in [6.07, 6.45) is 13.0. The summed E-state index contributed by atoms with van der Waals surface area (Å²) in [5.41, 5.74) is 1.70. The number of rotatable bonds is 14. The molecule has 5 nitrogen and oxygen atoms in total. The van der Waals surface area contributed by atoms with Gasteiger partial charge in [0.15, 0.2) is 0 Å². The Morgan fingerprint density at radius 1 is 1.19 bits per heavy atom. The van der Waals surface area contributed by atoms with E-state index in [1.54, 1.807) is 12.2 Å². The Labute approximate surface area is 223 Å². The predicted molar refractivity (Wildman–Crippen MR) is 150 cm³/mol. The second-order valence-corrected chi connectivity index (χ2v) is 10.1. The lowest BCUT2D eigenvalue weighted by molar-refractivity contribution is -0.150. The molecule has 1 aromatic carbocycles. The number of esters is 1. The lowest BCUT2D eigenvalue weighted by Crippen LogP contribution is -2.45. The Morgan fingerprint density at radius 3 is 2.54 bits per heavy atom. The zero-order chi connectivity index (χ0) is 26.6. The maximum atomic E-state index is 12.7. The van der Waals surface area contributed by atoms with Crippen LogP contribution in [0.3, 0.4) is 0 Å². The van der Waals surface area contributed by atoms with Crippen LogP contribution in [0.1, 0.15) is 82.4 Å². The average Bonchev–Trinajstić information content (AvgIpc) is 3.36. The molecule has 0 spiro atoms. The topological polar surface area (TPSA) is 55.6 Å². The number of allylic oxidation sites excluding steroid dienone is 2. The molecule has 0 amide bonds. The van der Waals surface area contributed by atoms with E-state index in [1.165, 1.54) is 11.6 Å². The van der Waals surface area contributed by atoms with Crippen LogP contribution in [0, 0.1) is 11.8 Å². The van der Waals surface area contributed by atoms with Gasteiger partial charge in [0.25, 0.3) is 0 Å². The van der Waals surface area contributed by atoms with Gasteiger partial charge in [0, 0.05) is 6.54 Å². The van der Waals surface area contributed by atoms with Crippen molar-refractivity contribution in [1.29, 1.82) is 0 Å². The van der Waals surface area contributed by atoms with Crippen molar-refractivity contribution >= 4 is 5.97 Å². The smallest absolute Gasteiger partial charge is 0.338 e. The molecule has 0 N–H and O–H groups in total. The number of benzene rings is 1. The lowest BCUT2D eigenvalue weighted by Gasteiger charge is -2.37. The molecule has 0 radical (unpaired) electrons. The van der Waals surface area contributed by atoms with E-state index >= 15 is 0 Å². The highest BCUT2D eigenvalue weighted by Gasteiger charge is 2.33. The van der Waals surface area contributed by atoms with Crippen LogP contribution in [0.15, 0.2) is 77.9 Å². The molecular weight excluding hydrogens is 460 g/mol. The van der Waals surface area contributed by atoms with Crippen molar-refractivity contribution in [3.8, 4) is 0 Å². The predicted octanol–water partition coefficient (Wildman–Crippen LogP) is 7.47. The summed E-state index contributed by atoms with van der Waals surface area (Å²) in [4.78, 5) is 19.8. The third-order valence-electron chi connectivity index (χ3n) is 7.48. The number of hydrogen-bond acceptors (Lipinski definition) is 5.